The predicted molar refractivity (Wildman–Crippen MR) is 535 cm³/mol. The van der Waals surface area contributed by atoms with Gasteiger partial charge >= 0.3 is 0 Å². The Bertz CT molecular complexity index is 6860. The molecule has 15 rings (SSSR count). The third kappa shape index (κ3) is 18.2. The van der Waals surface area contributed by atoms with Gasteiger partial charge in [-0.3, -0.25) is 57.4 Å². The van der Waals surface area contributed by atoms with Crippen molar-refractivity contribution in [1.29, 1.82) is 15.8 Å². The molecule has 141 heavy (non-hydrogen) atoms. The van der Waals surface area contributed by atoms with Crippen LogP contribution in [0.1, 0.15) is 151 Å². The number of fused-ring (bicyclic) bond motifs is 3. The molecular formula is C99H90Cl7F8N21O6. The number of anilines is 6. The lowest BCUT2D eigenvalue weighted by molar-refractivity contribution is -0.131. The summed E-state index contributed by atoms with van der Waals surface area (Å²) in [4.78, 5) is 119. The van der Waals surface area contributed by atoms with E-state index >= 15 is 13.2 Å². The monoisotopic (exact) mass is 2070 g/mol. The minimum absolute atomic E-state index is 0.000731. The number of hydrogen-bond acceptors (Lipinski definition) is 21. The number of carbonyl (C=O) groups excluding carboxylic acids is 3. The molecule has 0 spiro atoms. The van der Waals surface area contributed by atoms with Crippen LogP contribution < -0.4 is 48.6 Å². The van der Waals surface area contributed by atoms with Crippen LogP contribution in [0, 0.1) is 101 Å². The number of nitrogens with zero attached hydrogens (tertiary/aromatic N) is 18. The Labute approximate surface area is 838 Å². The van der Waals surface area contributed by atoms with Crippen LogP contribution in [0.3, 0.4) is 0 Å². The lowest BCUT2D eigenvalue weighted by atomic mass is 10.0. The number of carbonyl (C=O) groups is 3. The van der Waals surface area contributed by atoms with E-state index in [0.29, 0.717) is 50.8 Å². The van der Waals surface area contributed by atoms with Gasteiger partial charge in [0.2, 0.25) is 17.7 Å². The summed E-state index contributed by atoms with van der Waals surface area (Å²) in [5.74, 6) is -14.3. The lowest BCUT2D eigenvalue weighted by Crippen LogP contribution is -2.58. The molecule has 3 amide bonds. The van der Waals surface area contributed by atoms with Crippen molar-refractivity contribution in [2.45, 2.75) is 158 Å². The first-order valence-corrected chi connectivity index (χ1v) is 46.5. The third-order valence-corrected chi connectivity index (χ3v) is 27.3. The van der Waals surface area contributed by atoms with E-state index in [2.05, 4.69) is 62.9 Å². The quantitative estimate of drug-likeness (QED) is 0.0282. The van der Waals surface area contributed by atoms with Crippen molar-refractivity contribution in [3.05, 3.63) is 256 Å². The Morgan fingerprint density at radius 2 is 0.617 bits per heavy atom. The fraction of sp³-hybridized carbons (Fsp3) is 0.303. The van der Waals surface area contributed by atoms with Gasteiger partial charge in [0.25, 0.3) is 16.7 Å². The summed E-state index contributed by atoms with van der Waals surface area (Å²) in [6.45, 7) is 39.8. The summed E-state index contributed by atoms with van der Waals surface area (Å²) in [6, 6.07) is 13.4. The van der Waals surface area contributed by atoms with E-state index in [9.17, 15) is 66.5 Å². The van der Waals surface area contributed by atoms with Crippen molar-refractivity contribution in [3.63, 3.8) is 0 Å². The van der Waals surface area contributed by atoms with E-state index in [1.807, 2.05) is 88.0 Å². The Morgan fingerprint density at radius 1 is 0.383 bits per heavy atom. The summed E-state index contributed by atoms with van der Waals surface area (Å²) in [6.07, 6.45) is 8.48. The highest BCUT2D eigenvalue weighted by molar-refractivity contribution is 6.41. The Balaban J connectivity index is 0.000000178. The van der Waals surface area contributed by atoms with Crippen LogP contribution in [-0.2, 0) is 14.4 Å². The molecule has 3 fully saturated rings. The normalized spacial score (nSPS) is 16.6. The smallest absolute Gasteiger partial charge is 0.276 e. The molecule has 3 aromatic carbocycles. The molecule has 3 saturated heterocycles. The molecular weight excluding hydrogens is 1980 g/mol. The summed E-state index contributed by atoms with van der Waals surface area (Å²) in [7, 11) is 0. The fourth-order valence-electron chi connectivity index (χ4n) is 18.8. The van der Waals surface area contributed by atoms with Gasteiger partial charge in [-0.1, -0.05) is 142 Å². The van der Waals surface area contributed by atoms with Crippen molar-refractivity contribution >= 4 is 166 Å². The van der Waals surface area contributed by atoms with Gasteiger partial charge in [-0.2, -0.15) is 15.8 Å². The second-order valence-electron chi connectivity index (χ2n) is 35.3. The number of nitrogen functional groups attached to an aromatic ring is 3. The van der Waals surface area contributed by atoms with E-state index in [1.54, 1.807) is 82.1 Å². The van der Waals surface area contributed by atoms with Crippen LogP contribution in [0.2, 0.25) is 35.2 Å². The summed E-state index contributed by atoms with van der Waals surface area (Å²) in [5.41, 5.74) is 14.0. The molecule has 0 bridgehead atoms. The van der Waals surface area contributed by atoms with E-state index < -0.39 is 128 Å². The highest BCUT2D eigenvalue weighted by atomic mass is 35.5. The van der Waals surface area contributed by atoms with Crippen LogP contribution in [0.5, 0.6) is 0 Å². The summed E-state index contributed by atoms with van der Waals surface area (Å²) >= 11 is 45.1. The number of aromatic nitrogens is 9. The SMILES string of the molecule is C=CC(=O)N1[C@H](C)CN(c2c(C#N)c(=O)n(-c3c(C)ccnc3C(C)C)c3nc(-c4c(F)c(Cl)c(F)c(N)c4Cl)c(Cl)cc23)C[C@@H]1C.C=CC(=O)N1[C@H](C)CN(c2c(C#N)c(=O)n(-c3c(C)ccnc3C(C)C)c3nc(-c4c(F)c(F)c(F)c(N)c4Cl)c(Cl)cc23)C[C@@H]1C.C=CC(=O)N1[C@H](C)CN(c2c(C#N)c(=O)n(-c3c(C)ccnc3C(C)C)c3nc(-c4c(F)c(F)c(F)c(N)c4Cl)c(Cl)cc23)C[C@@H]1C. The molecule has 42 heteroatoms. The highest BCUT2D eigenvalue weighted by Crippen LogP contribution is 2.50. The second kappa shape index (κ2) is 41.0. The number of rotatable bonds is 15. The van der Waals surface area contributed by atoms with Crippen molar-refractivity contribution in [2.75, 3.05) is 71.2 Å². The van der Waals surface area contributed by atoms with Crippen molar-refractivity contribution in [1.82, 2.24) is 58.3 Å². The molecule has 6 N–H and O–H groups in total. The van der Waals surface area contributed by atoms with Crippen molar-refractivity contribution < 1.29 is 49.5 Å². The fourth-order valence-corrected chi connectivity index (χ4v) is 20.5. The molecule has 0 aliphatic carbocycles. The van der Waals surface area contributed by atoms with Gasteiger partial charge in [-0.05, 0) is 151 Å². The summed E-state index contributed by atoms with van der Waals surface area (Å²) in [5, 5.41) is 28.9. The summed E-state index contributed by atoms with van der Waals surface area (Å²) < 4.78 is 123. The first-order valence-electron chi connectivity index (χ1n) is 43.9. The largest absolute Gasteiger partial charge is 0.395 e. The van der Waals surface area contributed by atoms with Gasteiger partial charge in [0.05, 0.1) is 132 Å². The van der Waals surface area contributed by atoms with Crippen molar-refractivity contribution in [3.8, 4) is 69.0 Å². The average molecular weight is 2070 g/mol. The first-order chi connectivity index (χ1) is 66.5. The van der Waals surface area contributed by atoms with Gasteiger partial charge in [0, 0.05) is 110 Å². The van der Waals surface area contributed by atoms with E-state index in [4.69, 9.17) is 103 Å². The van der Waals surface area contributed by atoms with Gasteiger partial charge in [-0.15, -0.1) is 0 Å². The minimum atomic E-state index is -1.88. The average Bonchev–Trinajstić information content (AvgIpc) is 0.725. The maximum Gasteiger partial charge on any atom is 0.276 e. The maximum atomic E-state index is 15.6. The second-order valence-corrected chi connectivity index (χ2v) is 38.1. The number of benzene rings is 3. The molecule has 3 aliphatic rings. The molecule has 12 heterocycles. The number of nitriles is 3. The van der Waals surface area contributed by atoms with E-state index in [0.717, 1.165) is 0 Å². The maximum absolute atomic E-state index is 15.6. The Hall–Kier alpha value is -13.4. The van der Waals surface area contributed by atoms with Gasteiger partial charge in [0.15, 0.2) is 46.5 Å². The zero-order valence-electron chi connectivity index (χ0n) is 78.4. The van der Waals surface area contributed by atoms with Crippen LogP contribution in [-0.4, -0.2) is 152 Å². The first kappa shape index (κ1) is 105. The molecule has 9 aromatic heterocycles. The zero-order chi connectivity index (χ0) is 104. The van der Waals surface area contributed by atoms with Crippen LogP contribution in [0.4, 0.5) is 69.2 Å². The van der Waals surface area contributed by atoms with Crippen LogP contribution in [0.25, 0.3) is 83.9 Å². The van der Waals surface area contributed by atoms with Crippen LogP contribution in [0.15, 0.2) is 107 Å². The number of halogens is 15. The molecule has 0 unspecified atom stereocenters. The number of hydrogen-bond donors (Lipinski definition) is 3. The predicted octanol–water partition coefficient (Wildman–Crippen LogP) is 20.5. The topological polar surface area (TPSA) is 363 Å². The number of aryl methyl sites for hydroxylation is 3. The molecule has 0 saturated carbocycles. The number of nitrogens with two attached hydrogens (primary N) is 3. The van der Waals surface area contributed by atoms with Gasteiger partial charge in [-0.25, -0.2) is 50.1 Å². The molecule has 6 atom stereocenters. The standard InChI is InChI=1S/C33H30Cl3F2N7O2.2C33H30Cl2F3N7O2/c1-7-21(46)44-16(5)12-43(13-17(44)6)31-18-10-20(34)29(22-23(35)27(40)26(38)24(36)25(22)37)42-32(18)45(33(47)19(31)11-39)30-15(4)8-9-41-28(30)14(2)3;2*1-7-21(46)44-16(5)12-43(13-17(44)6)31-18-10-20(34)29(22-23(35)27(40)26(38)25(37)24(22)36)42-32(18)45(33(47)19(31)11-39)30-15(4)8-9-41-28(30)14(2)3/h3*7-10,14,16-17H,1,12-13,40H2,2-6H3/t3*16-,17+. The van der Waals surface area contributed by atoms with Gasteiger partial charge < -0.3 is 46.6 Å². The Morgan fingerprint density at radius 3 is 0.844 bits per heavy atom. The number of amides is 3. The molecule has 0 radical (unpaired) electrons. The molecule has 732 valence electrons. The van der Waals surface area contributed by atoms with E-state index in [-0.39, 0.29) is 199 Å². The Kier molecular flexibility index (Phi) is 30.5. The molecule has 3 aliphatic heterocycles. The van der Waals surface area contributed by atoms with Crippen molar-refractivity contribution in [2.24, 2.45) is 0 Å². The minimum Gasteiger partial charge on any atom is -0.395 e. The third-order valence-electron chi connectivity index (χ3n) is 24.9. The van der Waals surface area contributed by atoms with Gasteiger partial charge in [0.1, 0.15) is 56.9 Å². The molecule has 27 nitrogen and oxygen atoms in total. The number of pyridine rings is 9. The zero-order valence-corrected chi connectivity index (χ0v) is 83.7. The van der Waals surface area contributed by atoms with Crippen LogP contribution >= 0.6 is 81.2 Å². The highest BCUT2D eigenvalue weighted by Gasteiger charge is 2.42. The van der Waals surface area contributed by atoms with E-state index in [1.165, 1.54) is 50.1 Å². The molecule has 12 aromatic rings. The number of piperazine rings is 3. The lowest BCUT2D eigenvalue weighted by Gasteiger charge is -2.45.